The van der Waals surface area contributed by atoms with Gasteiger partial charge in [-0.3, -0.25) is 4.90 Å². The fourth-order valence-corrected chi connectivity index (χ4v) is 3.44. The Morgan fingerprint density at radius 1 is 1.29 bits per heavy atom. The Morgan fingerprint density at radius 3 is 2.71 bits per heavy atom. The summed E-state index contributed by atoms with van der Waals surface area (Å²) in [5, 5.41) is 6.95. The molecule has 0 unspecified atom stereocenters. The van der Waals surface area contributed by atoms with Crippen LogP contribution in [0.1, 0.15) is 18.5 Å². The van der Waals surface area contributed by atoms with Crippen molar-refractivity contribution in [2.75, 3.05) is 58.3 Å². The summed E-state index contributed by atoms with van der Waals surface area (Å²) in [6.07, 6.45) is 2.68. The van der Waals surface area contributed by atoms with E-state index < -0.39 is 0 Å². The highest BCUT2D eigenvalue weighted by Crippen LogP contribution is 2.23. The van der Waals surface area contributed by atoms with Gasteiger partial charge in [-0.1, -0.05) is 0 Å². The first-order chi connectivity index (χ1) is 10.2. The Labute approximate surface area is 131 Å². The highest BCUT2D eigenvalue weighted by molar-refractivity contribution is 7.13. The monoisotopic (exact) mass is 309 g/mol. The van der Waals surface area contributed by atoms with Crippen LogP contribution in [0.5, 0.6) is 0 Å². The minimum Gasteiger partial charge on any atom is -0.346 e. The number of likely N-dealkylation sites (N-methyl/N-ethyl adjacent to an activating group) is 1. The van der Waals surface area contributed by atoms with E-state index in [1.807, 2.05) is 0 Å². The van der Waals surface area contributed by atoms with Crippen LogP contribution in [0.4, 0.5) is 5.13 Å². The van der Waals surface area contributed by atoms with Gasteiger partial charge in [-0.2, -0.15) is 0 Å². The van der Waals surface area contributed by atoms with Gasteiger partial charge >= 0.3 is 0 Å². The van der Waals surface area contributed by atoms with Crippen LogP contribution in [0, 0.1) is 0 Å². The Morgan fingerprint density at radius 2 is 2.05 bits per heavy atom. The molecule has 5 nitrogen and oxygen atoms in total. The Bertz CT molecular complexity index is 435. The first-order valence-corrected chi connectivity index (χ1v) is 8.88. The van der Waals surface area contributed by atoms with Crippen LogP contribution >= 0.6 is 11.3 Å². The molecule has 2 heterocycles. The summed E-state index contributed by atoms with van der Waals surface area (Å²) in [4.78, 5) is 12.0. The minimum absolute atomic E-state index is 0.760. The number of nitrogens with one attached hydrogen (secondary N) is 1. The molecule has 1 aliphatic carbocycles. The van der Waals surface area contributed by atoms with Crippen molar-refractivity contribution in [1.29, 1.82) is 0 Å². The van der Waals surface area contributed by atoms with Crippen molar-refractivity contribution >= 4 is 16.5 Å². The van der Waals surface area contributed by atoms with Crippen LogP contribution in [-0.2, 0) is 6.54 Å². The van der Waals surface area contributed by atoms with Gasteiger partial charge in [0.1, 0.15) is 0 Å². The fraction of sp³-hybridized carbons (Fsp3) is 0.800. The fourth-order valence-electron chi connectivity index (χ4n) is 2.56. The van der Waals surface area contributed by atoms with Crippen molar-refractivity contribution in [3.63, 3.8) is 0 Å². The number of thiazole rings is 1. The highest BCUT2D eigenvalue weighted by Gasteiger charge is 2.22. The number of hydrogen-bond donors (Lipinski definition) is 1. The van der Waals surface area contributed by atoms with Gasteiger partial charge in [-0.05, 0) is 26.9 Å². The Kier molecular flexibility index (Phi) is 5.11. The van der Waals surface area contributed by atoms with Crippen LogP contribution in [0.2, 0.25) is 0 Å². The van der Waals surface area contributed by atoms with Gasteiger partial charge < -0.3 is 15.1 Å². The molecule has 1 saturated heterocycles. The van der Waals surface area contributed by atoms with E-state index in [0.29, 0.717) is 0 Å². The predicted octanol–water partition coefficient (Wildman–Crippen LogP) is 1.08. The number of nitrogens with zero attached hydrogens (tertiary/aromatic N) is 4. The number of anilines is 1. The van der Waals surface area contributed by atoms with Crippen LogP contribution < -0.4 is 10.2 Å². The first kappa shape index (κ1) is 15.2. The molecule has 2 aliphatic rings. The lowest BCUT2D eigenvalue weighted by atomic mass is 10.3. The van der Waals surface area contributed by atoms with Crippen molar-refractivity contribution in [3.8, 4) is 0 Å². The number of rotatable bonds is 7. The van der Waals surface area contributed by atoms with Gasteiger partial charge in [-0.25, -0.2) is 4.98 Å². The molecule has 0 bridgehead atoms. The molecule has 3 rings (SSSR count). The lowest BCUT2D eigenvalue weighted by Crippen LogP contribution is -2.48. The summed E-state index contributed by atoms with van der Waals surface area (Å²) < 4.78 is 0. The zero-order valence-corrected chi connectivity index (χ0v) is 14.0. The number of piperazine rings is 1. The second-order valence-electron chi connectivity index (χ2n) is 6.41. The van der Waals surface area contributed by atoms with Crippen molar-refractivity contribution in [2.45, 2.75) is 25.4 Å². The van der Waals surface area contributed by atoms with E-state index in [9.17, 15) is 0 Å². The summed E-state index contributed by atoms with van der Waals surface area (Å²) in [6, 6.07) is 0.760. The maximum atomic E-state index is 4.79. The molecule has 1 aliphatic heterocycles. The van der Waals surface area contributed by atoms with Crippen LogP contribution in [0.3, 0.4) is 0 Å². The molecule has 2 fully saturated rings. The van der Waals surface area contributed by atoms with Crippen molar-refractivity contribution in [3.05, 3.63) is 11.1 Å². The number of hydrogen-bond acceptors (Lipinski definition) is 6. The van der Waals surface area contributed by atoms with Crippen LogP contribution in [0.25, 0.3) is 0 Å². The van der Waals surface area contributed by atoms with Gasteiger partial charge in [0.25, 0.3) is 0 Å². The summed E-state index contributed by atoms with van der Waals surface area (Å²) in [7, 11) is 4.28. The lowest BCUT2D eigenvalue weighted by Gasteiger charge is -2.35. The van der Waals surface area contributed by atoms with E-state index in [2.05, 4.69) is 39.5 Å². The lowest BCUT2D eigenvalue weighted by molar-refractivity contribution is 0.229. The highest BCUT2D eigenvalue weighted by atomic mass is 32.1. The molecule has 1 aromatic rings. The Hall–Kier alpha value is -0.690. The third-order valence-corrected chi connectivity index (χ3v) is 5.15. The first-order valence-electron chi connectivity index (χ1n) is 8.00. The van der Waals surface area contributed by atoms with Crippen LogP contribution in [0.15, 0.2) is 5.38 Å². The molecule has 0 radical (unpaired) electrons. The van der Waals surface area contributed by atoms with E-state index in [0.717, 1.165) is 45.3 Å². The average molecular weight is 309 g/mol. The molecule has 1 N–H and O–H groups in total. The van der Waals surface area contributed by atoms with Crippen molar-refractivity contribution < 1.29 is 0 Å². The molecule has 6 heteroatoms. The third kappa shape index (κ3) is 4.64. The zero-order chi connectivity index (χ0) is 14.7. The topological polar surface area (TPSA) is 34.6 Å². The third-order valence-electron chi connectivity index (χ3n) is 4.20. The maximum Gasteiger partial charge on any atom is 0.185 e. The molecular formula is C15H27N5S. The maximum absolute atomic E-state index is 4.79. The molecule has 0 spiro atoms. The summed E-state index contributed by atoms with van der Waals surface area (Å²) >= 11 is 1.80. The average Bonchev–Trinajstić information content (AvgIpc) is 3.20. The Balaban J connectivity index is 1.43. The zero-order valence-electron chi connectivity index (χ0n) is 13.2. The second-order valence-corrected chi connectivity index (χ2v) is 7.25. The summed E-state index contributed by atoms with van der Waals surface area (Å²) in [5.74, 6) is 0. The van der Waals surface area contributed by atoms with Gasteiger partial charge in [0, 0.05) is 57.2 Å². The molecular weight excluding hydrogens is 282 g/mol. The normalized spacial score (nSPS) is 20.4. The molecule has 0 aromatic carbocycles. The van der Waals surface area contributed by atoms with E-state index in [-0.39, 0.29) is 0 Å². The molecule has 1 saturated carbocycles. The van der Waals surface area contributed by atoms with Gasteiger partial charge in [0.15, 0.2) is 5.13 Å². The van der Waals surface area contributed by atoms with Gasteiger partial charge in [0.2, 0.25) is 0 Å². The molecule has 0 atom stereocenters. The largest absolute Gasteiger partial charge is 0.346 e. The van der Waals surface area contributed by atoms with E-state index in [1.165, 1.54) is 30.2 Å². The quantitative estimate of drug-likeness (QED) is 0.815. The van der Waals surface area contributed by atoms with Crippen molar-refractivity contribution in [1.82, 2.24) is 20.1 Å². The smallest absolute Gasteiger partial charge is 0.185 e. The van der Waals surface area contributed by atoms with E-state index in [4.69, 9.17) is 4.98 Å². The summed E-state index contributed by atoms with van der Waals surface area (Å²) in [6.45, 7) is 7.78. The van der Waals surface area contributed by atoms with Gasteiger partial charge in [0.05, 0.1) is 5.69 Å². The second kappa shape index (κ2) is 7.05. The predicted molar refractivity (Wildman–Crippen MR) is 89.2 cm³/mol. The number of aromatic nitrogens is 1. The molecule has 118 valence electrons. The molecule has 21 heavy (non-hydrogen) atoms. The summed E-state index contributed by atoms with van der Waals surface area (Å²) in [5.41, 5.74) is 1.21. The van der Waals surface area contributed by atoms with Crippen LogP contribution in [-0.4, -0.2) is 74.2 Å². The van der Waals surface area contributed by atoms with E-state index >= 15 is 0 Å². The SMILES string of the molecule is CN(C)CCN1CCN(c2nc(CNC3CC3)cs2)CC1. The molecule has 1 aromatic heterocycles. The van der Waals surface area contributed by atoms with Crippen molar-refractivity contribution in [2.24, 2.45) is 0 Å². The molecule has 0 amide bonds. The van der Waals surface area contributed by atoms with Gasteiger partial charge in [-0.15, -0.1) is 11.3 Å². The van der Waals surface area contributed by atoms with E-state index in [1.54, 1.807) is 11.3 Å². The standard InChI is InChI=1S/C15H27N5S/c1-18(2)5-6-19-7-9-20(10-8-19)15-17-14(12-21-15)11-16-13-3-4-13/h12-13,16H,3-11H2,1-2H3. The minimum atomic E-state index is 0.760.